The first-order valence-electron chi connectivity index (χ1n) is 7.65. The Morgan fingerprint density at radius 2 is 1.83 bits per heavy atom. The summed E-state index contributed by atoms with van der Waals surface area (Å²) in [6, 6.07) is 16.5. The maximum absolute atomic E-state index is 6.01. The number of hydrogen-bond acceptors (Lipinski definition) is 4. The SMILES string of the molecule is CC(C)c1ccc(COc2ccccc2-c2csc(N)n2)cc1. The quantitative estimate of drug-likeness (QED) is 0.710. The van der Waals surface area contributed by atoms with Gasteiger partial charge in [-0.3, -0.25) is 0 Å². The van der Waals surface area contributed by atoms with Gasteiger partial charge in [0.25, 0.3) is 0 Å². The molecule has 2 aromatic carbocycles. The van der Waals surface area contributed by atoms with E-state index in [0.29, 0.717) is 17.7 Å². The molecule has 0 fully saturated rings. The summed E-state index contributed by atoms with van der Waals surface area (Å²) in [6.45, 7) is 4.93. The van der Waals surface area contributed by atoms with Gasteiger partial charge in [-0.15, -0.1) is 11.3 Å². The van der Waals surface area contributed by atoms with Crippen LogP contribution in [-0.4, -0.2) is 4.98 Å². The highest BCUT2D eigenvalue weighted by molar-refractivity contribution is 7.13. The Balaban J connectivity index is 1.76. The molecule has 0 aliphatic rings. The summed E-state index contributed by atoms with van der Waals surface area (Å²) >= 11 is 1.44. The normalized spacial score (nSPS) is 10.9. The van der Waals surface area contributed by atoms with Crippen molar-refractivity contribution in [1.29, 1.82) is 0 Å². The first kappa shape index (κ1) is 15.6. The van der Waals surface area contributed by atoms with E-state index in [9.17, 15) is 0 Å². The van der Waals surface area contributed by atoms with E-state index < -0.39 is 0 Å². The molecule has 0 unspecified atom stereocenters. The lowest BCUT2D eigenvalue weighted by Crippen LogP contribution is -1.98. The number of benzene rings is 2. The van der Waals surface area contributed by atoms with Crippen LogP contribution in [0.5, 0.6) is 5.75 Å². The van der Waals surface area contributed by atoms with Gasteiger partial charge in [0.1, 0.15) is 12.4 Å². The lowest BCUT2D eigenvalue weighted by Gasteiger charge is -2.11. The van der Waals surface area contributed by atoms with Crippen molar-refractivity contribution in [2.24, 2.45) is 0 Å². The van der Waals surface area contributed by atoms with Crippen molar-refractivity contribution < 1.29 is 4.74 Å². The number of aromatic nitrogens is 1. The summed E-state index contributed by atoms with van der Waals surface area (Å²) < 4.78 is 6.01. The van der Waals surface area contributed by atoms with Crippen LogP contribution in [0.15, 0.2) is 53.9 Å². The fourth-order valence-corrected chi connectivity index (χ4v) is 2.94. The van der Waals surface area contributed by atoms with Crippen molar-refractivity contribution >= 4 is 16.5 Å². The van der Waals surface area contributed by atoms with Gasteiger partial charge in [0.2, 0.25) is 0 Å². The molecule has 0 amide bonds. The molecule has 23 heavy (non-hydrogen) atoms. The molecule has 0 aliphatic heterocycles. The highest BCUT2D eigenvalue weighted by Crippen LogP contribution is 2.31. The zero-order valence-electron chi connectivity index (χ0n) is 13.3. The number of nitrogen functional groups attached to an aromatic ring is 1. The highest BCUT2D eigenvalue weighted by Gasteiger charge is 2.09. The minimum atomic E-state index is 0.537. The molecule has 0 bridgehead atoms. The molecular formula is C19H20N2OS. The lowest BCUT2D eigenvalue weighted by atomic mass is 10.0. The van der Waals surface area contributed by atoms with Crippen LogP contribution in [0.4, 0.5) is 5.13 Å². The zero-order chi connectivity index (χ0) is 16.2. The second kappa shape index (κ2) is 6.84. The first-order chi connectivity index (χ1) is 11.1. The standard InChI is InChI=1S/C19H20N2OS/c1-13(2)15-9-7-14(8-10-15)11-22-18-6-4-3-5-16(18)17-12-23-19(20)21-17/h3-10,12-13H,11H2,1-2H3,(H2,20,21). The van der Waals surface area contributed by atoms with Gasteiger partial charge in [0, 0.05) is 10.9 Å². The number of thiazole rings is 1. The largest absolute Gasteiger partial charge is 0.488 e. The van der Waals surface area contributed by atoms with Crippen molar-refractivity contribution in [3.8, 4) is 17.0 Å². The molecule has 3 rings (SSSR count). The fourth-order valence-electron chi connectivity index (χ4n) is 2.38. The Labute approximate surface area is 140 Å². The molecule has 4 heteroatoms. The van der Waals surface area contributed by atoms with Crippen LogP contribution < -0.4 is 10.5 Å². The van der Waals surface area contributed by atoms with Gasteiger partial charge in [-0.25, -0.2) is 4.98 Å². The van der Waals surface area contributed by atoms with E-state index in [2.05, 4.69) is 43.1 Å². The number of para-hydroxylation sites is 1. The van der Waals surface area contributed by atoms with Gasteiger partial charge in [-0.05, 0) is 29.2 Å². The monoisotopic (exact) mass is 324 g/mol. The summed E-state index contributed by atoms with van der Waals surface area (Å²) in [5.74, 6) is 1.37. The molecule has 0 saturated heterocycles. The van der Waals surface area contributed by atoms with Crippen molar-refractivity contribution in [2.75, 3.05) is 5.73 Å². The van der Waals surface area contributed by atoms with Crippen LogP contribution >= 0.6 is 11.3 Å². The van der Waals surface area contributed by atoms with Crippen LogP contribution in [0, 0.1) is 0 Å². The van der Waals surface area contributed by atoms with Gasteiger partial charge in [0.05, 0.1) is 5.69 Å². The zero-order valence-corrected chi connectivity index (χ0v) is 14.1. The van der Waals surface area contributed by atoms with Crippen LogP contribution in [-0.2, 0) is 6.61 Å². The predicted octanol–water partition coefficient (Wildman–Crippen LogP) is 5.09. The fraction of sp³-hybridized carbons (Fsp3) is 0.211. The Bertz CT molecular complexity index is 778. The Morgan fingerprint density at radius 3 is 2.48 bits per heavy atom. The average Bonchev–Trinajstić information content (AvgIpc) is 3.00. The van der Waals surface area contributed by atoms with Gasteiger partial charge >= 0.3 is 0 Å². The molecule has 0 radical (unpaired) electrons. The van der Waals surface area contributed by atoms with E-state index in [-0.39, 0.29) is 0 Å². The number of nitrogens with zero attached hydrogens (tertiary/aromatic N) is 1. The minimum Gasteiger partial charge on any atom is -0.488 e. The molecule has 0 spiro atoms. The average molecular weight is 324 g/mol. The van der Waals surface area contributed by atoms with Crippen molar-refractivity contribution in [2.45, 2.75) is 26.4 Å². The number of nitrogens with two attached hydrogens (primary N) is 1. The van der Waals surface area contributed by atoms with E-state index in [0.717, 1.165) is 22.6 Å². The van der Waals surface area contributed by atoms with Gasteiger partial charge in [-0.2, -0.15) is 0 Å². The Hall–Kier alpha value is -2.33. The minimum absolute atomic E-state index is 0.537. The van der Waals surface area contributed by atoms with Crippen molar-refractivity contribution in [3.63, 3.8) is 0 Å². The Morgan fingerprint density at radius 1 is 1.09 bits per heavy atom. The smallest absolute Gasteiger partial charge is 0.180 e. The van der Waals surface area contributed by atoms with E-state index in [1.807, 2.05) is 29.6 Å². The van der Waals surface area contributed by atoms with Gasteiger partial charge in [0.15, 0.2) is 5.13 Å². The maximum Gasteiger partial charge on any atom is 0.180 e. The summed E-state index contributed by atoms with van der Waals surface area (Å²) in [5, 5.41) is 2.52. The number of hydrogen-bond donors (Lipinski definition) is 1. The number of rotatable bonds is 5. The molecule has 0 aliphatic carbocycles. The molecule has 3 nitrogen and oxygen atoms in total. The van der Waals surface area contributed by atoms with Gasteiger partial charge in [-0.1, -0.05) is 50.2 Å². The highest BCUT2D eigenvalue weighted by atomic mass is 32.1. The van der Waals surface area contributed by atoms with Crippen LogP contribution in [0.2, 0.25) is 0 Å². The molecule has 2 N–H and O–H groups in total. The van der Waals surface area contributed by atoms with Crippen LogP contribution in [0.1, 0.15) is 30.9 Å². The second-order valence-corrected chi connectivity index (χ2v) is 6.64. The molecule has 1 heterocycles. The second-order valence-electron chi connectivity index (χ2n) is 5.75. The van der Waals surface area contributed by atoms with Gasteiger partial charge < -0.3 is 10.5 Å². The van der Waals surface area contributed by atoms with E-state index >= 15 is 0 Å². The predicted molar refractivity (Wildman–Crippen MR) is 96.8 cm³/mol. The van der Waals surface area contributed by atoms with Crippen molar-refractivity contribution in [3.05, 3.63) is 65.0 Å². The maximum atomic E-state index is 6.01. The summed E-state index contributed by atoms with van der Waals surface area (Å²) in [7, 11) is 0. The van der Waals surface area contributed by atoms with Crippen LogP contribution in [0.3, 0.4) is 0 Å². The van der Waals surface area contributed by atoms with E-state index in [1.165, 1.54) is 16.9 Å². The lowest BCUT2D eigenvalue weighted by molar-refractivity contribution is 0.307. The summed E-state index contributed by atoms with van der Waals surface area (Å²) in [4.78, 5) is 4.34. The first-order valence-corrected chi connectivity index (χ1v) is 8.53. The van der Waals surface area contributed by atoms with E-state index in [4.69, 9.17) is 10.5 Å². The number of anilines is 1. The molecular weight excluding hydrogens is 304 g/mol. The topological polar surface area (TPSA) is 48.1 Å². The molecule has 0 saturated carbocycles. The summed E-state index contributed by atoms with van der Waals surface area (Å²) in [5.41, 5.74) is 10.1. The summed E-state index contributed by atoms with van der Waals surface area (Å²) in [6.07, 6.45) is 0. The third-order valence-electron chi connectivity index (χ3n) is 3.73. The van der Waals surface area contributed by atoms with E-state index in [1.54, 1.807) is 0 Å². The third-order valence-corrected chi connectivity index (χ3v) is 4.40. The Kier molecular flexibility index (Phi) is 4.63. The van der Waals surface area contributed by atoms with Crippen molar-refractivity contribution in [1.82, 2.24) is 4.98 Å². The molecule has 3 aromatic rings. The van der Waals surface area contributed by atoms with Crippen LogP contribution in [0.25, 0.3) is 11.3 Å². The molecule has 1 aromatic heterocycles. The molecule has 118 valence electrons. The number of ether oxygens (including phenoxy) is 1. The third kappa shape index (κ3) is 3.71. The molecule has 0 atom stereocenters.